The van der Waals surface area contributed by atoms with Gasteiger partial charge in [-0.05, 0) is 16.9 Å². The lowest BCUT2D eigenvalue weighted by Gasteiger charge is -2.31. The zero-order valence-electron chi connectivity index (χ0n) is 10.6. The Kier molecular flexibility index (Phi) is 2.35. The fraction of sp³-hybridized carbons (Fsp3) is 0.400. The summed E-state index contributed by atoms with van der Waals surface area (Å²) in [5, 5.41) is 2.38. The highest BCUT2D eigenvalue weighted by atomic mass is 16.6. The molecule has 94 valence electrons. The maximum atomic E-state index is 11.9. The molecule has 1 heterocycles. The van der Waals surface area contributed by atoms with Crippen LogP contribution in [0.25, 0.3) is 12.2 Å². The van der Waals surface area contributed by atoms with E-state index < -0.39 is 5.60 Å². The fourth-order valence-corrected chi connectivity index (χ4v) is 2.75. The molecule has 2 atom stereocenters. The van der Waals surface area contributed by atoms with Crippen molar-refractivity contribution in [2.24, 2.45) is 5.41 Å². The maximum Gasteiger partial charge on any atom is 0.341 e. The average Bonchev–Trinajstić information content (AvgIpc) is 3.19. The summed E-state index contributed by atoms with van der Waals surface area (Å²) >= 11 is 0. The van der Waals surface area contributed by atoms with Crippen LogP contribution in [0, 0.1) is 5.41 Å². The van der Waals surface area contributed by atoms with Gasteiger partial charge in [-0.15, -0.1) is 0 Å². The van der Waals surface area contributed by atoms with E-state index in [1.165, 1.54) is 12.3 Å². The second-order valence-corrected chi connectivity index (χ2v) is 5.21. The van der Waals surface area contributed by atoms with Gasteiger partial charge in [-0.1, -0.05) is 43.3 Å². The van der Waals surface area contributed by atoms with Crippen molar-refractivity contribution in [3.05, 3.63) is 34.7 Å². The van der Waals surface area contributed by atoms with Crippen molar-refractivity contribution < 1.29 is 14.3 Å². The van der Waals surface area contributed by atoms with Gasteiger partial charge in [-0.25, -0.2) is 4.79 Å². The highest BCUT2D eigenvalue weighted by Gasteiger charge is 2.64. The van der Waals surface area contributed by atoms with Crippen molar-refractivity contribution in [3.8, 4) is 0 Å². The summed E-state index contributed by atoms with van der Waals surface area (Å²) in [6.07, 6.45) is 5.10. The third-order valence-electron chi connectivity index (χ3n) is 4.09. The molecule has 1 aliphatic carbocycles. The third kappa shape index (κ3) is 1.44. The number of carbonyl (C=O) groups excluding carboxylic acids is 1. The molecule has 0 radical (unpaired) electrons. The van der Waals surface area contributed by atoms with E-state index >= 15 is 0 Å². The minimum Gasteiger partial charge on any atom is -0.467 e. The Labute approximate surface area is 106 Å². The van der Waals surface area contributed by atoms with E-state index in [0.717, 1.165) is 11.6 Å². The van der Waals surface area contributed by atoms with E-state index in [9.17, 15) is 4.79 Å². The van der Waals surface area contributed by atoms with Gasteiger partial charge < -0.3 is 9.47 Å². The van der Waals surface area contributed by atoms with Gasteiger partial charge in [0.2, 0.25) is 0 Å². The van der Waals surface area contributed by atoms with E-state index in [4.69, 9.17) is 9.47 Å². The molecule has 0 N–H and O–H groups in total. The maximum absolute atomic E-state index is 11.9. The highest BCUT2D eigenvalue weighted by Crippen LogP contribution is 2.49. The zero-order valence-corrected chi connectivity index (χ0v) is 10.6. The molecule has 2 aliphatic rings. The van der Waals surface area contributed by atoms with E-state index in [-0.39, 0.29) is 11.4 Å². The smallest absolute Gasteiger partial charge is 0.341 e. The van der Waals surface area contributed by atoms with Crippen molar-refractivity contribution in [1.82, 2.24) is 0 Å². The quantitative estimate of drug-likeness (QED) is 0.565. The topological polar surface area (TPSA) is 38.8 Å². The molecule has 0 saturated carbocycles. The van der Waals surface area contributed by atoms with Crippen LogP contribution in [0.3, 0.4) is 0 Å². The van der Waals surface area contributed by atoms with Crippen LogP contribution in [0.5, 0.6) is 0 Å². The van der Waals surface area contributed by atoms with Gasteiger partial charge in [0, 0.05) is 5.41 Å². The van der Waals surface area contributed by atoms with Crippen LogP contribution in [0.2, 0.25) is 0 Å². The van der Waals surface area contributed by atoms with Crippen molar-refractivity contribution in [1.29, 1.82) is 0 Å². The number of epoxide rings is 1. The molecule has 18 heavy (non-hydrogen) atoms. The number of esters is 1. The molecule has 0 bridgehead atoms. The molecule has 1 fully saturated rings. The number of benzene rings is 1. The summed E-state index contributed by atoms with van der Waals surface area (Å²) in [5.41, 5.74) is -1.11. The van der Waals surface area contributed by atoms with Gasteiger partial charge in [-0.3, -0.25) is 0 Å². The van der Waals surface area contributed by atoms with E-state index in [2.05, 4.69) is 31.2 Å². The van der Waals surface area contributed by atoms with Gasteiger partial charge in [0.1, 0.15) is 0 Å². The lowest BCUT2D eigenvalue weighted by Crippen LogP contribution is -2.46. The summed E-state index contributed by atoms with van der Waals surface area (Å²) < 4.78 is 10.4. The predicted molar refractivity (Wildman–Crippen MR) is 68.0 cm³/mol. The molecule has 1 aromatic rings. The van der Waals surface area contributed by atoms with Crippen LogP contribution in [-0.2, 0) is 14.3 Å². The van der Waals surface area contributed by atoms with Crippen LogP contribution in [0.1, 0.15) is 13.3 Å². The molecule has 0 spiro atoms. The van der Waals surface area contributed by atoms with E-state index in [1.807, 2.05) is 12.1 Å². The molecule has 1 aliphatic heterocycles. The Hall–Kier alpha value is -1.61. The van der Waals surface area contributed by atoms with Gasteiger partial charge >= 0.3 is 5.97 Å². The molecule has 3 heteroatoms. The molecule has 3 rings (SSSR count). The van der Waals surface area contributed by atoms with E-state index in [1.54, 1.807) is 0 Å². The Morgan fingerprint density at radius 1 is 1.33 bits per heavy atom. The van der Waals surface area contributed by atoms with Crippen LogP contribution < -0.4 is 10.4 Å². The standard InChI is InChI=1S/C15H16O3/c1-14(15(10-18-15)13(16)17-2)8-7-11-5-3-4-6-12(11)9-14/h3-7,9H,8,10H2,1-2H3. The van der Waals surface area contributed by atoms with Crippen LogP contribution in [0.4, 0.5) is 0 Å². The van der Waals surface area contributed by atoms with E-state index in [0.29, 0.717) is 6.61 Å². The van der Waals surface area contributed by atoms with Crippen molar-refractivity contribution >= 4 is 18.1 Å². The molecule has 0 aromatic heterocycles. The molecule has 0 amide bonds. The lowest BCUT2D eigenvalue weighted by molar-refractivity contribution is -0.150. The summed E-state index contributed by atoms with van der Waals surface area (Å²) in [5.74, 6) is -0.269. The van der Waals surface area contributed by atoms with Crippen molar-refractivity contribution in [3.63, 3.8) is 0 Å². The molecule has 2 unspecified atom stereocenters. The zero-order chi connectivity index (χ0) is 12.8. The Balaban J connectivity index is 2.09. The average molecular weight is 244 g/mol. The number of rotatable bonds is 2. The Bertz CT molecular complexity index is 613. The molecule has 3 nitrogen and oxygen atoms in total. The van der Waals surface area contributed by atoms with Crippen LogP contribution in [0.15, 0.2) is 24.3 Å². The fourth-order valence-electron chi connectivity index (χ4n) is 2.75. The number of fused-ring (bicyclic) bond motifs is 1. The van der Waals surface area contributed by atoms with Gasteiger partial charge in [0.05, 0.1) is 13.7 Å². The minimum atomic E-state index is -0.786. The first-order valence-corrected chi connectivity index (χ1v) is 6.12. The minimum absolute atomic E-state index is 0.269. The lowest BCUT2D eigenvalue weighted by atomic mass is 9.72. The predicted octanol–water partition coefficient (Wildman–Crippen LogP) is 0.600. The first-order chi connectivity index (χ1) is 8.61. The first kappa shape index (κ1) is 11.5. The number of methoxy groups -OCH3 is 1. The summed E-state index contributed by atoms with van der Waals surface area (Å²) in [4.78, 5) is 11.9. The van der Waals surface area contributed by atoms with Crippen molar-refractivity contribution in [2.75, 3.05) is 13.7 Å². The highest BCUT2D eigenvalue weighted by molar-refractivity contribution is 5.85. The second kappa shape index (κ2) is 3.69. The number of hydrogen-bond donors (Lipinski definition) is 0. The van der Waals surface area contributed by atoms with Gasteiger partial charge in [0.15, 0.2) is 5.60 Å². The normalized spacial score (nSPS) is 32.8. The first-order valence-electron chi connectivity index (χ1n) is 6.12. The second-order valence-electron chi connectivity index (χ2n) is 5.21. The van der Waals surface area contributed by atoms with Gasteiger partial charge in [-0.2, -0.15) is 0 Å². The number of carbonyl (C=O) groups is 1. The number of hydrogen-bond acceptors (Lipinski definition) is 3. The molecular weight excluding hydrogens is 228 g/mol. The summed E-state index contributed by atoms with van der Waals surface area (Å²) in [7, 11) is 1.41. The summed E-state index contributed by atoms with van der Waals surface area (Å²) in [6.45, 7) is 2.51. The molecule has 1 saturated heterocycles. The summed E-state index contributed by atoms with van der Waals surface area (Å²) in [6, 6.07) is 8.18. The SMILES string of the molecule is COC(=O)C1(C2(C)C=c3ccccc3=CC2)CO1. The van der Waals surface area contributed by atoms with Crippen LogP contribution >= 0.6 is 0 Å². The van der Waals surface area contributed by atoms with Gasteiger partial charge in [0.25, 0.3) is 0 Å². The monoisotopic (exact) mass is 244 g/mol. The van der Waals surface area contributed by atoms with Crippen molar-refractivity contribution in [2.45, 2.75) is 18.9 Å². The largest absolute Gasteiger partial charge is 0.467 e. The Morgan fingerprint density at radius 3 is 2.61 bits per heavy atom. The number of ether oxygens (including phenoxy) is 2. The van der Waals surface area contributed by atoms with Crippen LogP contribution in [-0.4, -0.2) is 25.3 Å². The third-order valence-corrected chi connectivity index (χ3v) is 4.09. The molecular formula is C15H16O3. The molecule has 1 aromatic carbocycles. The Morgan fingerprint density at radius 2 is 2.00 bits per heavy atom.